The Morgan fingerprint density at radius 1 is 0.800 bits per heavy atom. The van der Waals surface area contributed by atoms with Crippen LogP contribution in [0.15, 0.2) is 12.1 Å². The summed E-state index contributed by atoms with van der Waals surface area (Å²) < 4.78 is 57.6. The van der Waals surface area contributed by atoms with E-state index in [9.17, 15) is 13.2 Å². The second-order valence-electron chi connectivity index (χ2n) is 5.96. The van der Waals surface area contributed by atoms with Gasteiger partial charge in [0.25, 0.3) is 0 Å². The maximum atomic E-state index is 13.3. The summed E-state index contributed by atoms with van der Waals surface area (Å²) >= 11 is 0. The number of aryl methyl sites for hydroxylation is 1. The molecule has 0 radical (unpaired) electrons. The van der Waals surface area contributed by atoms with Gasteiger partial charge in [-0.25, -0.2) is 13.2 Å². The molecule has 0 aliphatic rings. The molecule has 0 saturated carbocycles. The molecule has 0 atom stereocenters. The Bertz CT molecular complexity index is 470. The third-order valence-corrected chi connectivity index (χ3v) is 6.47. The first kappa shape index (κ1) is 22.1. The highest BCUT2D eigenvalue weighted by Gasteiger charge is 2.40. The molecule has 1 aromatic rings. The zero-order chi connectivity index (χ0) is 18.7. The van der Waals surface area contributed by atoms with Crippen molar-refractivity contribution >= 4 is 8.80 Å². The molecule has 0 heterocycles. The molecule has 0 unspecified atom stereocenters. The van der Waals surface area contributed by atoms with E-state index in [0.717, 1.165) is 31.4 Å². The van der Waals surface area contributed by atoms with Crippen LogP contribution in [0.25, 0.3) is 0 Å². The monoisotopic (exact) mass is 378 g/mol. The van der Waals surface area contributed by atoms with Crippen molar-refractivity contribution in [1.82, 2.24) is 0 Å². The van der Waals surface area contributed by atoms with E-state index in [4.69, 9.17) is 13.3 Å². The highest BCUT2D eigenvalue weighted by molar-refractivity contribution is 6.60. The van der Waals surface area contributed by atoms with Gasteiger partial charge in [0.15, 0.2) is 17.5 Å². The summed E-state index contributed by atoms with van der Waals surface area (Å²) in [5.74, 6) is -3.76. The fourth-order valence-corrected chi connectivity index (χ4v) is 5.21. The standard InChI is InChI=1S/C18H29F3O3Si/c1-4-9-22-25(23-10-5-2,24-11-6-3)12-7-8-15-13-16(19)18(21)17(20)14-15/h13-14H,4-12H2,1-3H3. The van der Waals surface area contributed by atoms with Gasteiger partial charge in [-0.15, -0.1) is 0 Å². The Kier molecular flexibility index (Phi) is 10.3. The molecule has 1 rings (SSSR count). The highest BCUT2D eigenvalue weighted by atomic mass is 28.4. The maximum absolute atomic E-state index is 13.3. The van der Waals surface area contributed by atoms with Crippen LogP contribution < -0.4 is 0 Å². The van der Waals surface area contributed by atoms with Crippen molar-refractivity contribution in [3.8, 4) is 0 Å². The van der Waals surface area contributed by atoms with Crippen LogP contribution in [-0.2, 0) is 19.7 Å². The van der Waals surface area contributed by atoms with Crippen molar-refractivity contribution in [1.29, 1.82) is 0 Å². The minimum absolute atomic E-state index is 0.406. The van der Waals surface area contributed by atoms with Gasteiger partial charge < -0.3 is 13.3 Å². The molecule has 25 heavy (non-hydrogen) atoms. The molecular weight excluding hydrogens is 349 g/mol. The van der Waals surface area contributed by atoms with Crippen LogP contribution in [0.2, 0.25) is 6.04 Å². The predicted molar refractivity (Wildman–Crippen MR) is 93.9 cm³/mol. The predicted octanol–water partition coefficient (Wildman–Crippen LogP) is 5.26. The van der Waals surface area contributed by atoms with Crippen LogP contribution in [0, 0.1) is 17.5 Å². The normalized spacial score (nSPS) is 11.9. The Balaban J connectivity index is 2.74. The van der Waals surface area contributed by atoms with Crippen LogP contribution in [0.4, 0.5) is 13.2 Å². The lowest BCUT2D eigenvalue weighted by atomic mass is 10.1. The average Bonchev–Trinajstić information content (AvgIpc) is 2.60. The second-order valence-corrected chi connectivity index (χ2v) is 8.69. The summed E-state index contributed by atoms with van der Waals surface area (Å²) in [5, 5.41) is 0. The smallest absolute Gasteiger partial charge is 0.373 e. The lowest BCUT2D eigenvalue weighted by Crippen LogP contribution is -2.46. The molecule has 0 aliphatic heterocycles. The maximum Gasteiger partial charge on any atom is 0.500 e. The molecule has 0 amide bonds. The van der Waals surface area contributed by atoms with Crippen molar-refractivity contribution in [3.05, 3.63) is 35.1 Å². The molecule has 7 heteroatoms. The lowest BCUT2D eigenvalue weighted by molar-refractivity contribution is 0.0588. The summed E-state index contributed by atoms with van der Waals surface area (Å²) in [7, 11) is -2.81. The van der Waals surface area contributed by atoms with E-state index in [1.807, 2.05) is 20.8 Å². The Morgan fingerprint density at radius 2 is 1.24 bits per heavy atom. The van der Waals surface area contributed by atoms with E-state index in [1.54, 1.807) is 0 Å². The largest absolute Gasteiger partial charge is 0.500 e. The first-order valence-electron chi connectivity index (χ1n) is 9.03. The van der Waals surface area contributed by atoms with E-state index in [0.29, 0.717) is 44.3 Å². The van der Waals surface area contributed by atoms with Gasteiger partial charge in [0.1, 0.15) is 0 Å². The fourth-order valence-electron chi connectivity index (χ4n) is 2.38. The molecule has 1 aromatic carbocycles. The zero-order valence-corrected chi connectivity index (χ0v) is 16.4. The molecule has 0 saturated heterocycles. The van der Waals surface area contributed by atoms with Gasteiger partial charge in [0, 0.05) is 25.9 Å². The van der Waals surface area contributed by atoms with Crippen molar-refractivity contribution in [2.24, 2.45) is 0 Å². The lowest BCUT2D eigenvalue weighted by Gasteiger charge is -2.29. The van der Waals surface area contributed by atoms with Gasteiger partial charge in [-0.3, -0.25) is 0 Å². The minimum Gasteiger partial charge on any atom is -0.373 e. The van der Waals surface area contributed by atoms with Crippen LogP contribution >= 0.6 is 0 Å². The van der Waals surface area contributed by atoms with E-state index < -0.39 is 26.3 Å². The van der Waals surface area contributed by atoms with Gasteiger partial charge in [0.2, 0.25) is 0 Å². The van der Waals surface area contributed by atoms with E-state index >= 15 is 0 Å². The Hall–Kier alpha value is -0.893. The third kappa shape index (κ3) is 7.48. The second kappa shape index (κ2) is 11.7. The molecular formula is C18H29F3O3Si. The molecule has 3 nitrogen and oxygen atoms in total. The van der Waals surface area contributed by atoms with Crippen molar-refractivity contribution in [2.75, 3.05) is 19.8 Å². The van der Waals surface area contributed by atoms with Crippen molar-refractivity contribution in [3.63, 3.8) is 0 Å². The van der Waals surface area contributed by atoms with Crippen LogP contribution in [-0.4, -0.2) is 28.6 Å². The van der Waals surface area contributed by atoms with Gasteiger partial charge in [-0.1, -0.05) is 20.8 Å². The van der Waals surface area contributed by atoms with Gasteiger partial charge in [-0.05, 0) is 49.8 Å². The molecule has 144 valence electrons. The zero-order valence-electron chi connectivity index (χ0n) is 15.4. The average molecular weight is 379 g/mol. The van der Waals surface area contributed by atoms with Crippen LogP contribution in [0.3, 0.4) is 0 Å². The molecule has 0 spiro atoms. The number of benzene rings is 1. The van der Waals surface area contributed by atoms with E-state index in [2.05, 4.69) is 0 Å². The quantitative estimate of drug-likeness (QED) is 0.346. The topological polar surface area (TPSA) is 27.7 Å². The number of hydrogen-bond donors (Lipinski definition) is 0. The molecule has 0 bridgehead atoms. The van der Waals surface area contributed by atoms with E-state index in [-0.39, 0.29) is 0 Å². The number of halogens is 3. The van der Waals surface area contributed by atoms with Gasteiger partial charge in [0.05, 0.1) is 0 Å². The number of hydrogen-bond acceptors (Lipinski definition) is 3. The van der Waals surface area contributed by atoms with Crippen LogP contribution in [0.5, 0.6) is 0 Å². The van der Waals surface area contributed by atoms with Crippen molar-refractivity contribution < 1.29 is 26.4 Å². The summed E-state index contributed by atoms with van der Waals surface area (Å²) in [5.41, 5.74) is 0.417. The first-order chi connectivity index (χ1) is 12.0. The molecule has 0 fully saturated rings. The third-order valence-electron chi connectivity index (χ3n) is 3.57. The van der Waals surface area contributed by atoms with Crippen molar-refractivity contribution in [2.45, 2.75) is 58.9 Å². The fraction of sp³-hybridized carbons (Fsp3) is 0.667. The Labute approximate surface area is 149 Å². The highest BCUT2D eigenvalue weighted by Crippen LogP contribution is 2.22. The van der Waals surface area contributed by atoms with Gasteiger partial charge >= 0.3 is 8.80 Å². The van der Waals surface area contributed by atoms with Gasteiger partial charge in [-0.2, -0.15) is 0 Å². The minimum atomic E-state index is -2.81. The summed E-state index contributed by atoms with van der Waals surface area (Å²) in [6.45, 7) is 7.72. The van der Waals surface area contributed by atoms with E-state index in [1.165, 1.54) is 0 Å². The SMILES string of the molecule is CCCO[Si](CCCc1cc(F)c(F)c(F)c1)(OCCC)OCCC. The molecule has 0 aliphatic carbocycles. The summed E-state index contributed by atoms with van der Waals surface area (Å²) in [6, 6.07) is 2.64. The first-order valence-corrected chi connectivity index (χ1v) is 11.0. The summed E-state index contributed by atoms with van der Waals surface area (Å²) in [6.07, 6.45) is 3.56. The van der Waals surface area contributed by atoms with Crippen LogP contribution in [0.1, 0.15) is 52.0 Å². The molecule has 0 aromatic heterocycles. The molecule has 0 N–H and O–H groups in total. The number of rotatable bonds is 13. The summed E-state index contributed by atoms with van der Waals surface area (Å²) in [4.78, 5) is 0. The Morgan fingerprint density at radius 3 is 1.64 bits per heavy atom.